The lowest BCUT2D eigenvalue weighted by Gasteiger charge is -2.26. The number of aliphatic hydroxyl groups is 1. The van der Waals surface area contributed by atoms with Gasteiger partial charge in [0.15, 0.2) is 0 Å². The maximum Gasteiger partial charge on any atom is 0.129 e. The van der Waals surface area contributed by atoms with Gasteiger partial charge in [0, 0.05) is 12.0 Å². The summed E-state index contributed by atoms with van der Waals surface area (Å²) in [5, 5.41) is 10.5. The number of hydrogen-bond acceptors (Lipinski definition) is 3. The highest BCUT2D eigenvalue weighted by molar-refractivity contribution is 5.26. The number of hydrogen-bond donors (Lipinski definition) is 1. The first-order valence-corrected chi connectivity index (χ1v) is 8.43. The van der Waals surface area contributed by atoms with Crippen LogP contribution in [-0.4, -0.2) is 24.4 Å². The van der Waals surface area contributed by atoms with Crippen molar-refractivity contribution in [1.29, 1.82) is 0 Å². The molecule has 3 atom stereocenters. The summed E-state index contributed by atoms with van der Waals surface area (Å²) in [6.07, 6.45) is 0.437. The smallest absolute Gasteiger partial charge is 0.129 e. The molecule has 0 aliphatic carbocycles. The Morgan fingerprint density at radius 3 is 2.42 bits per heavy atom. The molecule has 0 saturated heterocycles. The molecule has 0 aliphatic rings. The fourth-order valence-corrected chi connectivity index (χ4v) is 2.68. The third kappa shape index (κ3) is 5.38. The molecule has 0 saturated carbocycles. The molecule has 0 heterocycles. The Labute approximate surface area is 152 Å². The molecular formula is C21H24F2O3. The first kappa shape index (κ1) is 20.1. The van der Waals surface area contributed by atoms with Crippen molar-refractivity contribution in [3.63, 3.8) is 0 Å². The number of ether oxygens (including phenoxy) is 2. The second-order valence-electron chi connectivity index (χ2n) is 6.19. The zero-order valence-corrected chi connectivity index (χ0v) is 15.0. The van der Waals surface area contributed by atoms with E-state index in [0.717, 1.165) is 17.4 Å². The average molecular weight is 362 g/mol. The van der Waals surface area contributed by atoms with Crippen molar-refractivity contribution >= 4 is 0 Å². The van der Waals surface area contributed by atoms with Gasteiger partial charge in [-0.25, -0.2) is 8.78 Å². The Hall–Kier alpha value is -2.24. The monoisotopic (exact) mass is 362 g/mol. The van der Waals surface area contributed by atoms with Crippen molar-refractivity contribution < 1.29 is 23.4 Å². The van der Waals surface area contributed by atoms with Crippen LogP contribution in [0.25, 0.3) is 0 Å². The van der Waals surface area contributed by atoms with Gasteiger partial charge in [-0.05, 0) is 42.7 Å². The zero-order chi connectivity index (χ0) is 19.1. The average Bonchev–Trinajstić information content (AvgIpc) is 2.65. The molecule has 0 fully saturated rings. The van der Waals surface area contributed by atoms with Crippen LogP contribution in [0.1, 0.15) is 18.1 Å². The molecule has 5 heteroatoms. The highest BCUT2D eigenvalue weighted by Gasteiger charge is 2.24. The van der Waals surface area contributed by atoms with Crippen LogP contribution < -0.4 is 4.74 Å². The molecule has 0 aliphatic heterocycles. The lowest BCUT2D eigenvalue weighted by Crippen LogP contribution is -2.33. The van der Waals surface area contributed by atoms with E-state index in [1.807, 2.05) is 24.3 Å². The molecule has 0 spiro atoms. The summed E-state index contributed by atoms with van der Waals surface area (Å²) in [7, 11) is 1.60. The van der Waals surface area contributed by atoms with E-state index in [1.165, 1.54) is 12.1 Å². The summed E-state index contributed by atoms with van der Waals surface area (Å²) in [6.45, 7) is 5.81. The molecular weight excluding hydrogens is 338 g/mol. The van der Waals surface area contributed by atoms with E-state index in [1.54, 1.807) is 20.1 Å². The van der Waals surface area contributed by atoms with Crippen LogP contribution in [0.5, 0.6) is 5.75 Å². The van der Waals surface area contributed by atoms with E-state index in [2.05, 4.69) is 6.58 Å². The van der Waals surface area contributed by atoms with E-state index >= 15 is 0 Å². The van der Waals surface area contributed by atoms with Crippen LogP contribution in [0, 0.1) is 17.6 Å². The number of halogens is 2. The molecule has 0 aromatic heterocycles. The van der Waals surface area contributed by atoms with Gasteiger partial charge in [0.2, 0.25) is 0 Å². The van der Waals surface area contributed by atoms with Gasteiger partial charge in [0.1, 0.15) is 17.4 Å². The van der Waals surface area contributed by atoms with Gasteiger partial charge in [0.05, 0.1) is 25.9 Å². The molecule has 2 rings (SSSR count). The Kier molecular flexibility index (Phi) is 7.30. The molecule has 1 N–H and O–H groups in total. The minimum Gasteiger partial charge on any atom is -0.497 e. The molecule has 0 bridgehead atoms. The Morgan fingerprint density at radius 1 is 1.15 bits per heavy atom. The summed E-state index contributed by atoms with van der Waals surface area (Å²) >= 11 is 0. The summed E-state index contributed by atoms with van der Waals surface area (Å²) in [6, 6.07) is 10.9. The van der Waals surface area contributed by atoms with Gasteiger partial charge in [0.25, 0.3) is 0 Å². The standard InChI is InChI=1S/C21H24F2O3/c1-4-16(11-17-7-8-18(22)12-20(17)23)21(24)14(2)26-13-15-5-9-19(25-3)10-6-15/h4-10,12,14,16,21,24H,1,11,13H2,2-3H3/t14-,16+,21-/m0/s1. The largest absolute Gasteiger partial charge is 0.497 e. The molecule has 0 amide bonds. The SMILES string of the molecule is C=C[C@H](Cc1ccc(F)cc1F)[C@@H](O)[C@H](C)OCc1ccc(OC)cc1. The first-order valence-electron chi connectivity index (χ1n) is 8.43. The lowest BCUT2D eigenvalue weighted by atomic mass is 9.91. The predicted octanol–water partition coefficient (Wildman–Crippen LogP) is 4.28. The van der Waals surface area contributed by atoms with Gasteiger partial charge in [-0.1, -0.05) is 24.3 Å². The minimum atomic E-state index is -0.866. The lowest BCUT2D eigenvalue weighted by molar-refractivity contribution is -0.0514. The second kappa shape index (κ2) is 9.46. The number of methoxy groups -OCH3 is 1. The van der Waals surface area contributed by atoms with Gasteiger partial charge < -0.3 is 14.6 Å². The van der Waals surface area contributed by atoms with E-state index in [4.69, 9.17) is 9.47 Å². The maximum atomic E-state index is 13.8. The third-order valence-corrected chi connectivity index (χ3v) is 4.37. The summed E-state index contributed by atoms with van der Waals surface area (Å²) in [5.74, 6) is -0.912. The van der Waals surface area contributed by atoms with Crippen molar-refractivity contribution in [2.75, 3.05) is 7.11 Å². The van der Waals surface area contributed by atoms with Crippen LogP contribution in [0.2, 0.25) is 0 Å². The number of aliphatic hydroxyl groups excluding tert-OH is 1. The number of benzene rings is 2. The van der Waals surface area contributed by atoms with E-state index in [-0.39, 0.29) is 6.42 Å². The van der Waals surface area contributed by atoms with Crippen molar-refractivity contribution in [2.24, 2.45) is 5.92 Å². The highest BCUT2D eigenvalue weighted by Crippen LogP contribution is 2.21. The number of rotatable bonds is 9. The van der Waals surface area contributed by atoms with Gasteiger partial charge in [-0.15, -0.1) is 6.58 Å². The maximum absolute atomic E-state index is 13.8. The molecule has 140 valence electrons. The molecule has 3 nitrogen and oxygen atoms in total. The highest BCUT2D eigenvalue weighted by atomic mass is 19.1. The molecule has 0 radical (unpaired) electrons. The Balaban J connectivity index is 1.95. The van der Waals surface area contributed by atoms with E-state index < -0.39 is 29.8 Å². The van der Waals surface area contributed by atoms with Crippen molar-refractivity contribution in [3.05, 3.63) is 77.9 Å². The van der Waals surface area contributed by atoms with Crippen molar-refractivity contribution in [1.82, 2.24) is 0 Å². The Bertz CT molecular complexity index is 716. The topological polar surface area (TPSA) is 38.7 Å². The molecule has 2 aromatic rings. The molecule has 26 heavy (non-hydrogen) atoms. The van der Waals surface area contributed by atoms with Crippen molar-refractivity contribution in [3.8, 4) is 5.75 Å². The quantitative estimate of drug-likeness (QED) is 0.677. The van der Waals surface area contributed by atoms with Gasteiger partial charge >= 0.3 is 0 Å². The second-order valence-corrected chi connectivity index (χ2v) is 6.19. The van der Waals surface area contributed by atoms with Crippen LogP contribution in [0.4, 0.5) is 8.78 Å². The van der Waals surface area contributed by atoms with Crippen LogP contribution in [0.15, 0.2) is 55.1 Å². The van der Waals surface area contributed by atoms with Crippen molar-refractivity contribution in [2.45, 2.75) is 32.2 Å². The molecule has 2 aromatic carbocycles. The first-order chi connectivity index (χ1) is 12.4. The summed E-state index contributed by atoms with van der Waals surface area (Å²) in [4.78, 5) is 0. The Morgan fingerprint density at radius 2 is 1.85 bits per heavy atom. The molecule has 0 unspecified atom stereocenters. The zero-order valence-electron chi connectivity index (χ0n) is 15.0. The van der Waals surface area contributed by atoms with E-state index in [0.29, 0.717) is 12.2 Å². The summed E-state index contributed by atoms with van der Waals surface area (Å²) < 4.78 is 37.7. The summed E-state index contributed by atoms with van der Waals surface area (Å²) in [5.41, 5.74) is 1.28. The minimum absolute atomic E-state index is 0.215. The van der Waals surface area contributed by atoms with Gasteiger partial charge in [-0.3, -0.25) is 0 Å². The van der Waals surface area contributed by atoms with Crippen LogP contribution >= 0.6 is 0 Å². The fourth-order valence-electron chi connectivity index (χ4n) is 2.68. The van der Waals surface area contributed by atoms with Crippen LogP contribution in [0.3, 0.4) is 0 Å². The third-order valence-electron chi connectivity index (χ3n) is 4.37. The van der Waals surface area contributed by atoms with E-state index in [9.17, 15) is 13.9 Å². The van der Waals surface area contributed by atoms with Gasteiger partial charge in [-0.2, -0.15) is 0 Å². The normalized spacial score (nSPS) is 14.5. The van der Waals surface area contributed by atoms with Crippen LogP contribution in [-0.2, 0) is 17.8 Å². The predicted molar refractivity (Wildman–Crippen MR) is 97.0 cm³/mol. The fraction of sp³-hybridized carbons (Fsp3) is 0.333.